The smallest absolute Gasteiger partial charge is 0.136 e. The first-order valence-electron chi connectivity index (χ1n) is 11.4. The monoisotopic (exact) mass is 420 g/mol. The van der Waals surface area contributed by atoms with Gasteiger partial charge in [-0.3, -0.25) is 0 Å². The highest BCUT2D eigenvalue weighted by Gasteiger charge is 2.41. The first kappa shape index (κ1) is 28.5. The molecule has 0 unspecified atom stereocenters. The molecule has 3 rings (SSSR count). The Morgan fingerprint density at radius 1 is 1.00 bits per heavy atom. The summed E-state index contributed by atoms with van der Waals surface area (Å²) in [6.45, 7) is 21.8. The van der Waals surface area contributed by atoms with E-state index < -0.39 is 0 Å². The number of hydrogen-bond acceptors (Lipinski definition) is 2. The summed E-state index contributed by atoms with van der Waals surface area (Å²) in [4.78, 5) is 6.92. The van der Waals surface area contributed by atoms with Crippen LogP contribution < -0.4 is 4.90 Å². The van der Waals surface area contributed by atoms with E-state index in [4.69, 9.17) is 0 Å². The average Bonchev–Trinajstić information content (AvgIpc) is 2.98. The summed E-state index contributed by atoms with van der Waals surface area (Å²) in [5.41, 5.74) is 7.05. The minimum Gasteiger partial charge on any atom is -0.332 e. The molecule has 170 valence electrons. The van der Waals surface area contributed by atoms with Crippen molar-refractivity contribution in [3.05, 3.63) is 70.6 Å². The number of fused-ring (bicyclic) bond motifs is 1. The molecule has 0 fully saturated rings. The van der Waals surface area contributed by atoms with Crippen molar-refractivity contribution in [1.29, 1.82) is 0 Å². The lowest BCUT2D eigenvalue weighted by atomic mass is 9.74. The molecule has 0 saturated carbocycles. The third-order valence-electron chi connectivity index (χ3n) is 5.69. The third-order valence-corrected chi connectivity index (χ3v) is 5.69. The molecule has 1 aliphatic rings. The minimum absolute atomic E-state index is 0.00968. The second kappa shape index (κ2) is 12.4. The van der Waals surface area contributed by atoms with Crippen molar-refractivity contribution in [2.24, 2.45) is 0 Å². The van der Waals surface area contributed by atoms with Crippen LogP contribution in [0.4, 0.5) is 5.82 Å². The van der Waals surface area contributed by atoms with E-state index in [1.54, 1.807) is 0 Å². The maximum absolute atomic E-state index is 4.63. The van der Waals surface area contributed by atoms with E-state index in [0.717, 1.165) is 12.2 Å². The van der Waals surface area contributed by atoms with Gasteiger partial charge in [0.2, 0.25) is 0 Å². The molecule has 1 aliphatic heterocycles. The van der Waals surface area contributed by atoms with Crippen molar-refractivity contribution < 1.29 is 0 Å². The number of terminal acetylenes is 1. The van der Waals surface area contributed by atoms with E-state index in [9.17, 15) is 0 Å². The zero-order valence-corrected chi connectivity index (χ0v) is 21.8. The Morgan fingerprint density at radius 2 is 1.55 bits per heavy atom. The molecule has 0 bridgehead atoms. The standard InChI is InChI=1S/C23H30N2.2C2H6.C2H2/c1-16-11-8-9-12-18(16)22(3,4)15-17(2)20-23(5,6)19-13-10-14-24-21(19)25(20)7;3*1-2/h8-14H,15H2,1-7H3;2*1-2H3;1-2H. The number of rotatable bonds is 3. The van der Waals surface area contributed by atoms with Gasteiger partial charge in [0.15, 0.2) is 0 Å². The van der Waals surface area contributed by atoms with E-state index in [-0.39, 0.29) is 10.8 Å². The Hall–Kier alpha value is -2.53. The highest BCUT2D eigenvalue weighted by Crippen LogP contribution is 2.48. The van der Waals surface area contributed by atoms with Crippen molar-refractivity contribution in [2.75, 3.05) is 11.9 Å². The third kappa shape index (κ3) is 6.01. The average molecular weight is 421 g/mol. The summed E-state index contributed by atoms with van der Waals surface area (Å²) in [5.74, 6) is 1.09. The van der Waals surface area contributed by atoms with Gasteiger partial charge in [0, 0.05) is 29.9 Å². The molecule has 0 aliphatic carbocycles. The second-order valence-corrected chi connectivity index (χ2v) is 8.56. The van der Waals surface area contributed by atoms with Gasteiger partial charge in [-0.25, -0.2) is 4.98 Å². The summed E-state index contributed by atoms with van der Waals surface area (Å²) < 4.78 is 0. The Balaban J connectivity index is 0.00000138. The minimum atomic E-state index is -0.00968. The Labute approximate surface area is 192 Å². The largest absolute Gasteiger partial charge is 0.332 e. The molecule has 0 spiro atoms. The van der Waals surface area contributed by atoms with Crippen LogP contribution in [0.5, 0.6) is 0 Å². The van der Waals surface area contributed by atoms with Crippen LogP contribution in [0.3, 0.4) is 0 Å². The number of nitrogens with zero attached hydrogens (tertiary/aromatic N) is 2. The normalized spacial score (nSPS) is 15.2. The van der Waals surface area contributed by atoms with Gasteiger partial charge >= 0.3 is 0 Å². The highest BCUT2D eigenvalue weighted by atomic mass is 15.2. The van der Waals surface area contributed by atoms with Crippen molar-refractivity contribution in [3.63, 3.8) is 0 Å². The van der Waals surface area contributed by atoms with Crippen LogP contribution in [-0.2, 0) is 10.8 Å². The molecule has 2 heterocycles. The summed E-state index contributed by atoms with van der Waals surface area (Å²) in [6.07, 6.45) is 10.9. The van der Waals surface area contributed by atoms with Gasteiger partial charge in [0.25, 0.3) is 0 Å². The zero-order valence-electron chi connectivity index (χ0n) is 21.8. The second-order valence-electron chi connectivity index (χ2n) is 8.56. The fourth-order valence-corrected chi connectivity index (χ4v) is 4.80. The van der Waals surface area contributed by atoms with Crippen LogP contribution in [0.15, 0.2) is 53.9 Å². The van der Waals surface area contributed by atoms with Crippen LogP contribution in [0.2, 0.25) is 0 Å². The van der Waals surface area contributed by atoms with Crippen LogP contribution in [0.1, 0.15) is 85.4 Å². The molecule has 0 radical (unpaired) electrons. The SMILES string of the molecule is C#C.CC.CC.CC(CC(C)(C)c1ccccc1C)=C1N(C)c2ncccc2C1(C)C. The van der Waals surface area contributed by atoms with Gasteiger partial charge in [-0.2, -0.15) is 0 Å². The van der Waals surface area contributed by atoms with Crippen LogP contribution in [0, 0.1) is 19.8 Å². The van der Waals surface area contributed by atoms with Gasteiger partial charge in [0.1, 0.15) is 5.82 Å². The van der Waals surface area contributed by atoms with Gasteiger partial charge < -0.3 is 4.90 Å². The molecule has 2 nitrogen and oxygen atoms in total. The lowest BCUT2D eigenvalue weighted by Crippen LogP contribution is -2.27. The summed E-state index contributed by atoms with van der Waals surface area (Å²) in [6, 6.07) is 13.0. The van der Waals surface area contributed by atoms with Crippen LogP contribution in [0.25, 0.3) is 0 Å². The highest BCUT2D eigenvalue weighted by molar-refractivity contribution is 5.66. The molecular weight excluding hydrogens is 376 g/mol. The van der Waals surface area contributed by atoms with Gasteiger partial charge in [-0.1, -0.05) is 91.3 Å². The maximum atomic E-state index is 4.63. The van der Waals surface area contributed by atoms with E-state index in [1.807, 2.05) is 40.0 Å². The number of hydrogen-bond donors (Lipinski definition) is 0. The molecule has 1 aromatic carbocycles. The van der Waals surface area contributed by atoms with Crippen molar-refractivity contribution in [2.45, 2.75) is 86.5 Å². The fourth-order valence-electron chi connectivity index (χ4n) is 4.80. The van der Waals surface area contributed by atoms with E-state index >= 15 is 0 Å². The molecule has 0 amide bonds. The lowest BCUT2D eigenvalue weighted by Gasteiger charge is -2.32. The van der Waals surface area contributed by atoms with Gasteiger partial charge in [-0.15, -0.1) is 12.8 Å². The van der Waals surface area contributed by atoms with Crippen molar-refractivity contribution in [1.82, 2.24) is 4.98 Å². The molecule has 2 heteroatoms. The molecule has 0 saturated heterocycles. The van der Waals surface area contributed by atoms with Gasteiger partial charge in [0.05, 0.1) is 0 Å². The molecule has 0 N–H and O–H groups in total. The van der Waals surface area contributed by atoms with Crippen molar-refractivity contribution in [3.8, 4) is 12.8 Å². The van der Waals surface area contributed by atoms with Crippen molar-refractivity contribution >= 4 is 5.82 Å². The first-order valence-corrected chi connectivity index (χ1v) is 11.4. The zero-order chi connectivity index (χ0) is 24.4. The quantitative estimate of drug-likeness (QED) is 0.467. The predicted molar refractivity (Wildman–Crippen MR) is 140 cm³/mol. The van der Waals surface area contributed by atoms with E-state index in [1.165, 1.54) is 28.0 Å². The Bertz CT molecular complexity index is 869. The topological polar surface area (TPSA) is 16.1 Å². The molecule has 2 aromatic rings. The first-order chi connectivity index (χ1) is 14.7. The molecule has 31 heavy (non-hydrogen) atoms. The van der Waals surface area contributed by atoms with Crippen LogP contribution >= 0.6 is 0 Å². The number of aryl methyl sites for hydroxylation is 1. The summed E-state index contributed by atoms with van der Waals surface area (Å²) in [5, 5.41) is 0. The van der Waals surface area contributed by atoms with E-state index in [2.05, 4.69) is 102 Å². The van der Waals surface area contributed by atoms with E-state index in [0.29, 0.717) is 0 Å². The summed E-state index contributed by atoms with van der Waals surface area (Å²) >= 11 is 0. The number of allylic oxidation sites excluding steroid dienone is 2. The number of aromatic nitrogens is 1. The number of benzene rings is 1. The fraction of sp³-hybridized carbons (Fsp3) is 0.483. The number of likely N-dealkylation sites (N-methyl/N-ethyl adjacent to an activating group) is 1. The molecule has 0 atom stereocenters. The number of pyridine rings is 1. The van der Waals surface area contributed by atoms with Crippen LogP contribution in [-0.4, -0.2) is 12.0 Å². The molecule has 1 aromatic heterocycles. The Kier molecular flexibility index (Phi) is 11.3. The lowest BCUT2D eigenvalue weighted by molar-refractivity contribution is 0.505. The number of anilines is 1. The predicted octanol–water partition coefficient (Wildman–Crippen LogP) is 8.06. The summed E-state index contributed by atoms with van der Waals surface area (Å²) in [7, 11) is 2.15. The maximum Gasteiger partial charge on any atom is 0.136 e. The van der Waals surface area contributed by atoms with Gasteiger partial charge in [-0.05, 0) is 42.9 Å². The Morgan fingerprint density at radius 3 is 2.06 bits per heavy atom. The molecular formula is C29H44N2.